The molecular weight excluding hydrogens is 366 g/mol. The summed E-state index contributed by atoms with van der Waals surface area (Å²) >= 11 is 0. The quantitative estimate of drug-likeness (QED) is 0.559. The van der Waals surface area contributed by atoms with Crippen LogP contribution in [0, 0.1) is 0 Å². The molecule has 8 nitrogen and oxygen atoms in total. The van der Waals surface area contributed by atoms with Crippen molar-refractivity contribution in [1.82, 2.24) is 0 Å². The zero-order valence-electron chi connectivity index (χ0n) is 15.9. The van der Waals surface area contributed by atoms with E-state index in [1.54, 1.807) is 24.3 Å². The summed E-state index contributed by atoms with van der Waals surface area (Å²) in [5.74, 6) is -1.71. The summed E-state index contributed by atoms with van der Waals surface area (Å²) in [6.07, 6.45) is 3.95. The lowest BCUT2D eigenvalue weighted by atomic mass is 10.1. The van der Waals surface area contributed by atoms with E-state index in [1.165, 1.54) is 19.1 Å². The Balaban J connectivity index is 1.83. The molecule has 0 radical (unpaired) electrons. The fraction of sp³-hybridized carbons (Fsp3) is 0.450. The first kappa shape index (κ1) is 19.9. The van der Waals surface area contributed by atoms with Gasteiger partial charge in [-0.3, -0.25) is 0 Å². The zero-order valence-corrected chi connectivity index (χ0v) is 15.9. The molecule has 0 spiro atoms. The Bertz CT molecular complexity index is 778. The van der Waals surface area contributed by atoms with Crippen LogP contribution in [0.2, 0.25) is 0 Å². The highest BCUT2D eigenvalue weighted by Crippen LogP contribution is 2.27. The lowest BCUT2D eigenvalue weighted by molar-refractivity contribution is -0.140. The number of carbonyl (C=O) groups is 3. The average Bonchev–Trinajstić information content (AvgIpc) is 3.25. The minimum Gasteiger partial charge on any atom is -0.466 e. The third-order valence-corrected chi connectivity index (χ3v) is 4.82. The highest BCUT2D eigenvalue weighted by molar-refractivity contribution is 6.03. The van der Waals surface area contributed by atoms with E-state index < -0.39 is 11.9 Å². The van der Waals surface area contributed by atoms with Crippen LogP contribution in [0.1, 0.15) is 36.0 Å². The van der Waals surface area contributed by atoms with Gasteiger partial charge in [-0.2, -0.15) is 0 Å². The summed E-state index contributed by atoms with van der Waals surface area (Å²) in [7, 11) is 2.47. The maximum Gasteiger partial charge on any atom is 0.355 e. The smallest absolute Gasteiger partial charge is 0.355 e. The molecule has 0 saturated heterocycles. The maximum atomic E-state index is 12.3. The first-order chi connectivity index (χ1) is 13.5. The van der Waals surface area contributed by atoms with Crippen LogP contribution in [0.25, 0.3) is 0 Å². The highest BCUT2D eigenvalue weighted by atomic mass is 16.5. The molecule has 1 aromatic carbocycles. The predicted molar refractivity (Wildman–Crippen MR) is 98.5 cm³/mol. The summed E-state index contributed by atoms with van der Waals surface area (Å²) in [4.78, 5) is 38.1. The largest absolute Gasteiger partial charge is 0.466 e. The molecule has 0 aromatic heterocycles. The van der Waals surface area contributed by atoms with Gasteiger partial charge in [0.2, 0.25) is 0 Å². The Kier molecular flexibility index (Phi) is 6.30. The molecule has 3 rings (SSSR count). The molecular formula is C20H23NO7. The van der Waals surface area contributed by atoms with Gasteiger partial charge in [0.05, 0.1) is 32.0 Å². The molecule has 0 N–H and O–H groups in total. The van der Waals surface area contributed by atoms with Gasteiger partial charge in [0.15, 0.2) is 0 Å². The molecule has 150 valence electrons. The van der Waals surface area contributed by atoms with Crippen molar-refractivity contribution in [1.29, 1.82) is 0 Å². The topological polar surface area (TPSA) is 91.4 Å². The third-order valence-electron chi connectivity index (χ3n) is 4.82. The van der Waals surface area contributed by atoms with Gasteiger partial charge in [-0.05, 0) is 49.9 Å². The van der Waals surface area contributed by atoms with E-state index in [-0.39, 0.29) is 36.7 Å². The lowest BCUT2D eigenvalue weighted by Gasteiger charge is -2.31. The average molecular weight is 389 g/mol. The van der Waals surface area contributed by atoms with Gasteiger partial charge in [-0.1, -0.05) is 0 Å². The van der Waals surface area contributed by atoms with Crippen molar-refractivity contribution in [3.8, 4) is 0 Å². The van der Waals surface area contributed by atoms with Crippen molar-refractivity contribution < 1.29 is 33.3 Å². The van der Waals surface area contributed by atoms with Crippen molar-refractivity contribution in [3.63, 3.8) is 0 Å². The second-order valence-electron chi connectivity index (χ2n) is 6.57. The van der Waals surface area contributed by atoms with E-state index in [1.807, 2.05) is 0 Å². The van der Waals surface area contributed by atoms with Gasteiger partial charge in [-0.25, -0.2) is 14.4 Å². The number of hydrogen-bond donors (Lipinski definition) is 0. The molecule has 0 atom stereocenters. The normalized spacial score (nSPS) is 17.4. The summed E-state index contributed by atoms with van der Waals surface area (Å²) < 4.78 is 20.5. The fourth-order valence-corrected chi connectivity index (χ4v) is 3.35. The lowest BCUT2D eigenvalue weighted by Crippen LogP contribution is -2.38. The van der Waals surface area contributed by atoms with Crippen LogP contribution < -0.4 is 4.90 Å². The number of esters is 3. The Labute approximate surface area is 163 Å². The second kappa shape index (κ2) is 8.88. The van der Waals surface area contributed by atoms with Crippen LogP contribution in [-0.2, 0) is 28.5 Å². The Morgan fingerprint density at radius 2 is 1.61 bits per heavy atom. The molecule has 0 unspecified atom stereocenters. The molecule has 8 heteroatoms. The number of nitrogens with zero attached hydrogens (tertiary/aromatic N) is 1. The van der Waals surface area contributed by atoms with Gasteiger partial charge in [0.25, 0.3) is 0 Å². The van der Waals surface area contributed by atoms with Gasteiger partial charge in [0, 0.05) is 5.69 Å². The zero-order chi connectivity index (χ0) is 20.1. The first-order valence-electron chi connectivity index (χ1n) is 9.11. The van der Waals surface area contributed by atoms with Crippen LogP contribution in [0.15, 0.2) is 35.5 Å². The van der Waals surface area contributed by atoms with Crippen LogP contribution in [0.4, 0.5) is 5.69 Å². The number of benzene rings is 1. The van der Waals surface area contributed by atoms with Gasteiger partial charge in [0.1, 0.15) is 18.5 Å². The second-order valence-corrected chi connectivity index (χ2v) is 6.57. The predicted octanol–water partition coefficient (Wildman–Crippen LogP) is 2.18. The highest BCUT2D eigenvalue weighted by Gasteiger charge is 2.32. The number of hydrogen-bond acceptors (Lipinski definition) is 8. The molecule has 28 heavy (non-hydrogen) atoms. The first-order valence-corrected chi connectivity index (χ1v) is 9.11. The van der Waals surface area contributed by atoms with Crippen molar-refractivity contribution in [2.45, 2.75) is 31.8 Å². The molecule has 2 aliphatic rings. The molecule has 0 bridgehead atoms. The number of carbonyl (C=O) groups excluding carboxylic acids is 3. The van der Waals surface area contributed by atoms with Crippen LogP contribution in [-0.4, -0.2) is 51.6 Å². The van der Waals surface area contributed by atoms with Crippen LogP contribution >= 0.6 is 0 Å². The van der Waals surface area contributed by atoms with Crippen molar-refractivity contribution in [3.05, 3.63) is 41.1 Å². The fourth-order valence-electron chi connectivity index (χ4n) is 3.35. The van der Waals surface area contributed by atoms with Gasteiger partial charge >= 0.3 is 17.9 Å². The van der Waals surface area contributed by atoms with E-state index in [0.29, 0.717) is 11.3 Å². The van der Waals surface area contributed by atoms with Crippen molar-refractivity contribution in [2.24, 2.45) is 0 Å². The minimum atomic E-state index is -0.673. The molecule has 1 aliphatic carbocycles. The number of rotatable bonds is 5. The molecule has 1 heterocycles. The van der Waals surface area contributed by atoms with Crippen molar-refractivity contribution >= 4 is 23.6 Å². The molecule has 1 fully saturated rings. The Morgan fingerprint density at radius 3 is 2.21 bits per heavy atom. The van der Waals surface area contributed by atoms with Crippen LogP contribution in [0.5, 0.6) is 0 Å². The number of ether oxygens (including phenoxy) is 4. The molecule has 1 aliphatic heterocycles. The third kappa shape index (κ3) is 4.17. The number of anilines is 1. The van der Waals surface area contributed by atoms with E-state index in [2.05, 4.69) is 0 Å². The molecule has 0 amide bonds. The summed E-state index contributed by atoms with van der Waals surface area (Å²) in [6, 6.07) is 6.57. The van der Waals surface area contributed by atoms with Crippen LogP contribution in [0.3, 0.4) is 0 Å². The maximum absolute atomic E-state index is 12.3. The summed E-state index contributed by atoms with van der Waals surface area (Å²) in [5.41, 5.74) is 1.12. The van der Waals surface area contributed by atoms with Crippen molar-refractivity contribution in [2.75, 3.05) is 32.5 Å². The SMILES string of the molecule is COC(=O)C1=C(C(=O)OC)N(c2ccc(C(=O)OC3CCCC3)cc2)COC1. The minimum absolute atomic E-state index is 0.0147. The van der Waals surface area contributed by atoms with E-state index in [4.69, 9.17) is 18.9 Å². The van der Waals surface area contributed by atoms with Gasteiger partial charge in [-0.15, -0.1) is 0 Å². The van der Waals surface area contributed by atoms with E-state index in [9.17, 15) is 14.4 Å². The monoisotopic (exact) mass is 389 g/mol. The standard InChI is InChI=1S/C20H23NO7/c1-25-19(23)16-11-27-12-21(17(16)20(24)26-2)14-9-7-13(8-10-14)18(22)28-15-5-3-4-6-15/h7-10,15H,3-6,11-12H2,1-2H3. The van der Waals surface area contributed by atoms with E-state index in [0.717, 1.165) is 25.7 Å². The Hall–Kier alpha value is -2.87. The van der Waals surface area contributed by atoms with E-state index >= 15 is 0 Å². The molecule has 1 aromatic rings. The number of methoxy groups -OCH3 is 2. The van der Waals surface area contributed by atoms with Gasteiger partial charge < -0.3 is 23.8 Å². The summed E-state index contributed by atoms with van der Waals surface area (Å²) in [5, 5.41) is 0. The Morgan fingerprint density at radius 1 is 0.964 bits per heavy atom. The molecule has 1 saturated carbocycles. The summed E-state index contributed by atoms with van der Waals surface area (Å²) in [6.45, 7) is -0.00377.